The lowest BCUT2D eigenvalue weighted by Crippen LogP contribution is -2.46. The summed E-state index contributed by atoms with van der Waals surface area (Å²) in [7, 11) is 0. The van der Waals surface area contributed by atoms with E-state index in [1.54, 1.807) is 0 Å². The first-order chi connectivity index (χ1) is 13.3. The Morgan fingerprint density at radius 1 is 1.14 bits per heavy atom. The third kappa shape index (κ3) is 4.30. The summed E-state index contributed by atoms with van der Waals surface area (Å²) in [6, 6.07) is 2.23. The van der Waals surface area contributed by atoms with Crippen molar-refractivity contribution in [2.45, 2.75) is 25.8 Å². The Labute approximate surface area is 161 Å². The molecule has 2 aromatic heterocycles. The SMILES string of the molecule is C[C@H]1CC[C@H](c2cncc(F)c2)N(C(=O)C(=O)Nc2cncc(C(N)=O)c2)C1. The van der Waals surface area contributed by atoms with Gasteiger partial charge in [0.1, 0.15) is 5.82 Å². The first-order valence-corrected chi connectivity index (χ1v) is 8.82. The average Bonchev–Trinajstić information content (AvgIpc) is 2.67. The highest BCUT2D eigenvalue weighted by atomic mass is 19.1. The van der Waals surface area contributed by atoms with Crippen LogP contribution in [-0.2, 0) is 9.59 Å². The molecule has 2 atom stereocenters. The lowest BCUT2D eigenvalue weighted by molar-refractivity contribution is -0.146. The van der Waals surface area contributed by atoms with Gasteiger partial charge in [-0.3, -0.25) is 24.4 Å². The smallest absolute Gasteiger partial charge is 0.313 e. The van der Waals surface area contributed by atoms with Gasteiger partial charge in [0.15, 0.2) is 0 Å². The van der Waals surface area contributed by atoms with Gasteiger partial charge >= 0.3 is 11.8 Å². The standard InChI is InChI=1S/C19H20FN5O3/c1-11-2-3-16(12-4-14(20)8-22-6-12)25(10-11)19(28)18(27)24-15-5-13(17(21)26)7-23-9-15/h4-9,11,16H,2-3,10H2,1H3,(H2,21,26)(H,24,27)/t11-,16+/m0/s1. The van der Waals surface area contributed by atoms with Crippen molar-refractivity contribution >= 4 is 23.4 Å². The quantitative estimate of drug-likeness (QED) is 0.779. The van der Waals surface area contributed by atoms with Crippen LogP contribution >= 0.6 is 0 Å². The van der Waals surface area contributed by atoms with Gasteiger partial charge in [-0.2, -0.15) is 0 Å². The van der Waals surface area contributed by atoms with Gasteiger partial charge in [0.05, 0.1) is 29.7 Å². The van der Waals surface area contributed by atoms with Crippen LogP contribution in [0, 0.1) is 11.7 Å². The lowest BCUT2D eigenvalue weighted by Gasteiger charge is -2.38. The fourth-order valence-electron chi connectivity index (χ4n) is 3.29. The van der Waals surface area contributed by atoms with E-state index in [0.717, 1.165) is 12.6 Å². The van der Waals surface area contributed by atoms with E-state index in [9.17, 15) is 18.8 Å². The molecular weight excluding hydrogens is 365 g/mol. The summed E-state index contributed by atoms with van der Waals surface area (Å²) in [5.41, 5.74) is 6.04. The summed E-state index contributed by atoms with van der Waals surface area (Å²) >= 11 is 0. The van der Waals surface area contributed by atoms with Crippen LogP contribution < -0.4 is 11.1 Å². The summed E-state index contributed by atoms with van der Waals surface area (Å²) < 4.78 is 13.6. The summed E-state index contributed by atoms with van der Waals surface area (Å²) in [4.78, 5) is 45.7. The minimum atomic E-state index is -0.869. The molecule has 8 nitrogen and oxygen atoms in total. The number of nitrogens with one attached hydrogen (secondary N) is 1. The van der Waals surface area contributed by atoms with Gasteiger partial charge in [-0.1, -0.05) is 6.92 Å². The minimum Gasteiger partial charge on any atom is -0.366 e. The second kappa shape index (κ2) is 8.12. The Morgan fingerprint density at radius 2 is 1.89 bits per heavy atom. The second-order valence-corrected chi connectivity index (χ2v) is 6.87. The van der Waals surface area contributed by atoms with Gasteiger partial charge < -0.3 is 16.0 Å². The number of carbonyl (C=O) groups excluding carboxylic acids is 3. The first kappa shape index (κ1) is 19.4. The number of anilines is 1. The Balaban J connectivity index is 1.80. The summed E-state index contributed by atoms with van der Waals surface area (Å²) in [5, 5.41) is 2.44. The van der Waals surface area contributed by atoms with E-state index in [-0.39, 0.29) is 17.2 Å². The van der Waals surface area contributed by atoms with Crippen LogP contribution in [0.15, 0.2) is 36.9 Å². The predicted molar refractivity (Wildman–Crippen MR) is 98.4 cm³/mol. The van der Waals surface area contributed by atoms with Crippen LogP contribution in [0.1, 0.15) is 41.7 Å². The molecule has 0 unspecified atom stereocenters. The molecule has 0 aliphatic carbocycles. The van der Waals surface area contributed by atoms with Gasteiger partial charge in [-0.15, -0.1) is 0 Å². The van der Waals surface area contributed by atoms with E-state index in [1.165, 1.54) is 35.6 Å². The van der Waals surface area contributed by atoms with E-state index in [0.29, 0.717) is 18.5 Å². The van der Waals surface area contributed by atoms with Crippen molar-refractivity contribution < 1.29 is 18.8 Å². The molecule has 1 fully saturated rings. The number of hydrogen-bond acceptors (Lipinski definition) is 5. The maximum atomic E-state index is 13.6. The Bertz CT molecular complexity index is 920. The number of likely N-dealkylation sites (tertiary alicyclic amines) is 1. The van der Waals surface area contributed by atoms with Gasteiger partial charge in [-0.05, 0) is 36.5 Å². The molecule has 28 heavy (non-hydrogen) atoms. The molecule has 0 saturated carbocycles. The molecule has 1 saturated heterocycles. The second-order valence-electron chi connectivity index (χ2n) is 6.87. The zero-order valence-corrected chi connectivity index (χ0v) is 15.3. The fourth-order valence-corrected chi connectivity index (χ4v) is 3.29. The third-order valence-electron chi connectivity index (χ3n) is 4.66. The van der Waals surface area contributed by atoms with Crippen LogP contribution in [0.25, 0.3) is 0 Å². The topological polar surface area (TPSA) is 118 Å². The monoisotopic (exact) mass is 385 g/mol. The number of aromatic nitrogens is 2. The van der Waals surface area contributed by atoms with E-state index < -0.39 is 29.6 Å². The predicted octanol–water partition coefficient (Wildman–Crippen LogP) is 1.65. The van der Waals surface area contributed by atoms with Crippen LogP contribution in [-0.4, -0.2) is 39.1 Å². The van der Waals surface area contributed by atoms with Crippen molar-refractivity contribution in [1.29, 1.82) is 0 Å². The Hall–Kier alpha value is -3.36. The molecule has 9 heteroatoms. The molecule has 0 radical (unpaired) electrons. The molecule has 1 aliphatic rings. The third-order valence-corrected chi connectivity index (χ3v) is 4.66. The highest BCUT2D eigenvalue weighted by Crippen LogP contribution is 2.33. The number of primary amides is 1. The maximum Gasteiger partial charge on any atom is 0.313 e. The summed E-state index contributed by atoms with van der Waals surface area (Å²) in [6.45, 7) is 2.35. The Morgan fingerprint density at radius 3 is 2.61 bits per heavy atom. The van der Waals surface area contributed by atoms with Gasteiger partial charge in [0.25, 0.3) is 0 Å². The average molecular weight is 385 g/mol. The molecule has 0 spiro atoms. The molecule has 3 rings (SSSR count). The largest absolute Gasteiger partial charge is 0.366 e. The fraction of sp³-hybridized carbons (Fsp3) is 0.316. The number of piperidine rings is 1. The molecule has 0 bridgehead atoms. The molecule has 2 aromatic rings. The zero-order chi connectivity index (χ0) is 20.3. The van der Waals surface area contributed by atoms with Crippen molar-refractivity contribution in [3.05, 3.63) is 53.9 Å². The number of amides is 3. The molecular formula is C19H20FN5O3. The van der Waals surface area contributed by atoms with Crippen LogP contribution in [0.2, 0.25) is 0 Å². The van der Waals surface area contributed by atoms with E-state index in [4.69, 9.17) is 5.73 Å². The highest BCUT2D eigenvalue weighted by Gasteiger charge is 2.34. The molecule has 1 aliphatic heterocycles. The van der Waals surface area contributed by atoms with Crippen molar-refractivity contribution in [1.82, 2.24) is 14.9 Å². The molecule has 3 heterocycles. The van der Waals surface area contributed by atoms with Crippen LogP contribution in [0.5, 0.6) is 0 Å². The van der Waals surface area contributed by atoms with Crippen molar-refractivity contribution in [3.8, 4) is 0 Å². The molecule has 146 valence electrons. The van der Waals surface area contributed by atoms with Gasteiger partial charge in [0, 0.05) is 18.9 Å². The zero-order valence-electron chi connectivity index (χ0n) is 15.3. The number of pyridine rings is 2. The summed E-state index contributed by atoms with van der Waals surface area (Å²) in [5.74, 6) is -2.60. The van der Waals surface area contributed by atoms with E-state index >= 15 is 0 Å². The molecule has 3 N–H and O–H groups in total. The van der Waals surface area contributed by atoms with Gasteiger partial charge in [-0.25, -0.2) is 4.39 Å². The summed E-state index contributed by atoms with van der Waals surface area (Å²) in [6.07, 6.45) is 6.61. The number of nitrogens with two attached hydrogens (primary N) is 1. The number of halogens is 1. The normalized spacial score (nSPS) is 19.1. The lowest BCUT2D eigenvalue weighted by atomic mass is 9.90. The first-order valence-electron chi connectivity index (χ1n) is 8.82. The van der Waals surface area contributed by atoms with Crippen molar-refractivity contribution in [2.75, 3.05) is 11.9 Å². The van der Waals surface area contributed by atoms with Crippen LogP contribution in [0.4, 0.5) is 10.1 Å². The number of rotatable bonds is 3. The molecule has 3 amide bonds. The van der Waals surface area contributed by atoms with Crippen LogP contribution in [0.3, 0.4) is 0 Å². The number of carbonyl (C=O) groups is 3. The number of nitrogens with zero attached hydrogens (tertiary/aromatic N) is 3. The van der Waals surface area contributed by atoms with E-state index in [1.807, 2.05) is 6.92 Å². The van der Waals surface area contributed by atoms with Gasteiger partial charge in [0.2, 0.25) is 5.91 Å². The highest BCUT2D eigenvalue weighted by molar-refractivity contribution is 6.39. The van der Waals surface area contributed by atoms with E-state index in [2.05, 4.69) is 15.3 Å². The Kier molecular flexibility index (Phi) is 5.62. The minimum absolute atomic E-state index is 0.112. The number of hydrogen-bond donors (Lipinski definition) is 2. The van der Waals surface area contributed by atoms with Crippen molar-refractivity contribution in [3.63, 3.8) is 0 Å². The van der Waals surface area contributed by atoms with Crippen molar-refractivity contribution in [2.24, 2.45) is 11.7 Å². The maximum absolute atomic E-state index is 13.6. The molecule has 0 aromatic carbocycles.